The molecule has 1 fully saturated rings. The van der Waals surface area contributed by atoms with E-state index in [0.29, 0.717) is 13.1 Å². The van der Waals surface area contributed by atoms with Crippen LogP contribution in [-0.2, 0) is 9.59 Å². The molecule has 28 heavy (non-hydrogen) atoms. The summed E-state index contributed by atoms with van der Waals surface area (Å²) in [7, 11) is 0. The third-order valence-corrected chi connectivity index (χ3v) is 5.19. The Hall–Kier alpha value is -3.08. The van der Waals surface area contributed by atoms with E-state index in [-0.39, 0.29) is 18.4 Å². The lowest BCUT2D eigenvalue weighted by Gasteiger charge is -2.37. The second-order valence-electron chi connectivity index (χ2n) is 7.05. The SMILES string of the molecule is Cc1cccc(N2CCN(C(=O)CNC(=O)/C=C/c3ccccc3)CC2)c1C. The second kappa shape index (κ2) is 9.22. The number of anilines is 1. The van der Waals surface area contributed by atoms with E-state index in [1.54, 1.807) is 6.08 Å². The minimum absolute atomic E-state index is 0.0292. The van der Waals surface area contributed by atoms with Gasteiger partial charge in [0, 0.05) is 37.9 Å². The molecule has 2 amide bonds. The lowest BCUT2D eigenvalue weighted by Crippen LogP contribution is -2.51. The van der Waals surface area contributed by atoms with Gasteiger partial charge < -0.3 is 15.1 Å². The van der Waals surface area contributed by atoms with Crippen molar-refractivity contribution < 1.29 is 9.59 Å². The second-order valence-corrected chi connectivity index (χ2v) is 7.05. The van der Waals surface area contributed by atoms with Gasteiger partial charge in [0.15, 0.2) is 0 Å². The van der Waals surface area contributed by atoms with E-state index >= 15 is 0 Å². The summed E-state index contributed by atoms with van der Waals surface area (Å²) in [6, 6.07) is 15.9. The highest BCUT2D eigenvalue weighted by Gasteiger charge is 2.22. The summed E-state index contributed by atoms with van der Waals surface area (Å²) in [5, 5.41) is 2.68. The maximum atomic E-state index is 12.4. The van der Waals surface area contributed by atoms with Crippen molar-refractivity contribution in [3.05, 3.63) is 71.3 Å². The highest BCUT2D eigenvalue weighted by atomic mass is 16.2. The third-order valence-electron chi connectivity index (χ3n) is 5.19. The van der Waals surface area contributed by atoms with Gasteiger partial charge in [-0.3, -0.25) is 9.59 Å². The van der Waals surface area contributed by atoms with Crippen LogP contribution in [0, 0.1) is 13.8 Å². The first-order valence-corrected chi connectivity index (χ1v) is 9.64. The van der Waals surface area contributed by atoms with Crippen molar-refractivity contribution in [1.29, 1.82) is 0 Å². The molecule has 146 valence electrons. The number of nitrogens with zero attached hydrogens (tertiary/aromatic N) is 2. The molecule has 1 aliphatic heterocycles. The molecule has 5 nitrogen and oxygen atoms in total. The van der Waals surface area contributed by atoms with Crippen LogP contribution in [0.25, 0.3) is 6.08 Å². The number of aryl methyl sites for hydroxylation is 1. The van der Waals surface area contributed by atoms with Gasteiger partial charge in [-0.2, -0.15) is 0 Å². The Labute approximate surface area is 166 Å². The van der Waals surface area contributed by atoms with Crippen molar-refractivity contribution in [3.8, 4) is 0 Å². The predicted molar refractivity (Wildman–Crippen MR) is 113 cm³/mol. The maximum Gasteiger partial charge on any atom is 0.244 e. The standard InChI is InChI=1S/C23H27N3O2/c1-18-7-6-10-21(19(18)2)25-13-15-26(16-14-25)23(28)17-24-22(27)12-11-20-8-4-3-5-9-20/h3-12H,13-17H2,1-2H3,(H,24,27)/b12-11+. The first-order chi connectivity index (χ1) is 13.5. The van der Waals surface area contributed by atoms with E-state index in [0.717, 1.165) is 18.7 Å². The monoisotopic (exact) mass is 377 g/mol. The van der Waals surface area contributed by atoms with Gasteiger partial charge in [-0.15, -0.1) is 0 Å². The first-order valence-electron chi connectivity index (χ1n) is 9.64. The van der Waals surface area contributed by atoms with E-state index < -0.39 is 0 Å². The van der Waals surface area contributed by atoms with Crippen molar-refractivity contribution in [2.75, 3.05) is 37.6 Å². The van der Waals surface area contributed by atoms with Gasteiger partial charge in [-0.25, -0.2) is 0 Å². The van der Waals surface area contributed by atoms with E-state index in [2.05, 4.69) is 42.3 Å². The molecule has 0 atom stereocenters. The Balaban J connectivity index is 1.45. The van der Waals surface area contributed by atoms with E-state index in [9.17, 15) is 9.59 Å². The van der Waals surface area contributed by atoms with Crippen molar-refractivity contribution in [3.63, 3.8) is 0 Å². The molecule has 0 saturated carbocycles. The Bertz CT molecular complexity index is 853. The molecule has 0 bridgehead atoms. The molecule has 0 radical (unpaired) electrons. The highest BCUT2D eigenvalue weighted by Crippen LogP contribution is 2.23. The number of amides is 2. The highest BCUT2D eigenvalue weighted by molar-refractivity contribution is 5.94. The number of hydrogen-bond donors (Lipinski definition) is 1. The van der Waals surface area contributed by atoms with Crippen LogP contribution in [0.15, 0.2) is 54.6 Å². The summed E-state index contributed by atoms with van der Waals surface area (Å²) in [5.74, 6) is -0.298. The van der Waals surface area contributed by atoms with Gasteiger partial charge in [0.05, 0.1) is 6.54 Å². The molecule has 1 aliphatic rings. The number of carbonyl (C=O) groups excluding carboxylic acids is 2. The molecule has 2 aromatic carbocycles. The predicted octanol–water partition coefficient (Wildman–Crippen LogP) is 2.78. The van der Waals surface area contributed by atoms with Crippen LogP contribution >= 0.6 is 0 Å². The first kappa shape index (κ1) is 19.7. The molecule has 0 unspecified atom stereocenters. The largest absolute Gasteiger partial charge is 0.368 e. The molecule has 1 heterocycles. The number of piperazine rings is 1. The zero-order chi connectivity index (χ0) is 19.9. The van der Waals surface area contributed by atoms with Gasteiger partial charge in [-0.1, -0.05) is 42.5 Å². The molecule has 1 saturated heterocycles. The van der Waals surface area contributed by atoms with E-state index in [4.69, 9.17) is 0 Å². The summed E-state index contributed by atoms with van der Waals surface area (Å²) >= 11 is 0. The van der Waals surface area contributed by atoms with Gasteiger partial charge in [0.25, 0.3) is 0 Å². The number of carbonyl (C=O) groups is 2. The molecule has 2 aromatic rings. The number of hydrogen-bond acceptors (Lipinski definition) is 3. The minimum atomic E-state index is -0.258. The Morgan fingerprint density at radius 3 is 2.39 bits per heavy atom. The minimum Gasteiger partial charge on any atom is -0.368 e. The fourth-order valence-corrected chi connectivity index (χ4v) is 3.34. The van der Waals surface area contributed by atoms with Crippen LogP contribution in [0.2, 0.25) is 0 Å². The van der Waals surface area contributed by atoms with Gasteiger partial charge in [0.1, 0.15) is 0 Å². The fourth-order valence-electron chi connectivity index (χ4n) is 3.34. The van der Waals surface area contributed by atoms with Crippen LogP contribution in [0.1, 0.15) is 16.7 Å². The topological polar surface area (TPSA) is 52.6 Å². The maximum absolute atomic E-state index is 12.4. The van der Waals surface area contributed by atoms with Crippen LogP contribution < -0.4 is 10.2 Å². The van der Waals surface area contributed by atoms with Crippen LogP contribution in [0.5, 0.6) is 0 Å². The molecular formula is C23H27N3O2. The lowest BCUT2D eigenvalue weighted by molar-refractivity contribution is -0.132. The quantitative estimate of drug-likeness (QED) is 0.816. The van der Waals surface area contributed by atoms with Gasteiger partial charge in [0.2, 0.25) is 11.8 Å². The Kier molecular flexibility index (Phi) is 6.48. The number of rotatable bonds is 5. The zero-order valence-electron chi connectivity index (χ0n) is 16.5. The molecule has 0 spiro atoms. The van der Waals surface area contributed by atoms with E-state index in [1.807, 2.05) is 35.2 Å². The molecule has 1 N–H and O–H groups in total. The summed E-state index contributed by atoms with van der Waals surface area (Å²) in [6.07, 6.45) is 3.20. The third kappa shape index (κ3) is 5.00. The smallest absolute Gasteiger partial charge is 0.244 e. The average molecular weight is 377 g/mol. The fraction of sp³-hybridized carbons (Fsp3) is 0.304. The summed E-state index contributed by atoms with van der Waals surface area (Å²) in [5.41, 5.74) is 4.76. The van der Waals surface area contributed by atoms with Crippen LogP contribution in [0.3, 0.4) is 0 Å². The summed E-state index contributed by atoms with van der Waals surface area (Å²) < 4.78 is 0. The van der Waals surface area contributed by atoms with Crippen molar-refractivity contribution in [2.24, 2.45) is 0 Å². The van der Waals surface area contributed by atoms with Gasteiger partial charge >= 0.3 is 0 Å². The molecule has 3 rings (SSSR count). The molecular weight excluding hydrogens is 350 g/mol. The van der Waals surface area contributed by atoms with Crippen LogP contribution in [0.4, 0.5) is 5.69 Å². The number of benzene rings is 2. The van der Waals surface area contributed by atoms with Crippen molar-refractivity contribution >= 4 is 23.6 Å². The normalized spacial score (nSPS) is 14.4. The molecule has 5 heteroatoms. The summed E-state index contributed by atoms with van der Waals surface area (Å²) in [4.78, 5) is 28.5. The lowest BCUT2D eigenvalue weighted by atomic mass is 10.1. The van der Waals surface area contributed by atoms with Crippen LogP contribution in [-0.4, -0.2) is 49.4 Å². The zero-order valence-corrected chi connectivity index (χ0v) is 16.5. The Morgan fingerprint density at radius 2 is 1.68 bits per heavy atom. The number of nitrogens with one attached hydrogen (secondary N) is 1. The van der Waals surface area contributed by atoms with Gasteiger partial charge in [-0.05, 0) is 42.7 Å². The Morgan fingerprint density at radius 1 is 0.964 bits per heavy atom. The average Bonchev–Trinajstić information content (AvgIpc) is 2.73. The van der Waals surface area contributed by atoms with Crippen molar-refractivity contribution in [1.82, 2.24) is 10.2 Å². The van der Waals surface area contributed by atoms with E-state index in [1.165, 1.54) is 22.9 Å². The molecule has 0 aliphatic carbocycles. The summed E-state index contributed by atoms with van der Waals surface area (Å²) in [6.45, 7) is 7.23. The molecule has 0 aromatic heterocycles. The van der Waals surface area contributed by atoms with Crippen molar-refractivity contribution in [2.45, 2.75) is 13.8 Å².